The summed E-state index contributed by atoms with van der Waals surface area (Å²) in [6, 6.07) is 15.6. The average molecular weight is 379 g/mol. The lowest BCUT2D eigenvalue weighted by atomic mass is 10.2. The van der Waals surface area contributed by atoms with Gasteiger partial charge in [-0.1, -0.05) is 47.7 Å². The normalized spacial score (nSPS) is 10.7. The van der Waals surface area contributed by atoms with E-state index in [1.54, 1.807) is 17.4 Å². The number of nitrogens with zero attached hydrogens (tertiary/aromatic N) is 2. The number of thiazole rings is 1. The summed E-state index contributed by atoms with van der Waals surface area (Å²) in [6.45, 7) is -0.0668. The molecule has 3 N–H and O–H groups in total. The Labute approximate surface area is 149 Å². The first-order chi connectivity index (χ1) is 11.8. The van der Waals surface area contributed by atoms with Crippen LogP contribution in [0.25, 0.3) is 10.4 Å². The van der Waals surface area contributed by atoms with Crippen LogP contribution in [0.15, 0.2) is 54.7 Å². The van der Waals surface area contributed by atoms with Gasteiger partial charge in [-0.2, -0.15) is 8.42 Å². The molecule has 0 spiro atoms. The molecule has 2 aromatic heterocycles. The Morgan fingerprint density at radius 3 is 2.44 bits per heavy atom. The van der Waals surface area contributed by atoms with E-state index in [0.29, 0.717) is 17.8 Å². The van der Waals surface area contributed by atoms with Crippen molar-refractivity contribution in [3.63, 3.8) is 0 Å². The van der Waals surface area contributed by atoms with Gasteiger partial charge in [-0.05, 0) is 17.7 Å². The predicted molar refractivity (Wildman–Crippen MR) is 98.5 cm³/mol. The van der Waals surface area contributed by atoms with Crippen LogP contribution in [0.4, 0.5) is 10.9 Å². The lowest BCUT2D eigenvalue weighted by molar-refractivity contribution is 0.277. The van der Waals surface area contributed by atoms with Crippen molar-refractivity contribution >= 4 is 32.4 Å². The zero-order valence-corrected chi connectivity index (χ0v) is 15.0. The van der Waals surface area contributed by atoms with Crippen molar-refractivity contribution in [1.29, 1.82) is 0 Å². The molecular weight excluding hydrogens is 362 g/mol. The molecule has 0 radical (unpaired) electrons. The summed E-state index contributed by atoms with van der Waals surface area (Å²) in [5.41, 5.74) is 1.78. The number of benzene rings is 1. The van der Waals surface area contributed by atoms with E-state index in [4.69, 9.17) is 9.66 Å². The molecule has 9 heteroatoms. The predicted octanol–water partition coefficient (Wildman–Crippen LogP) is 2.95. The molecule has 3 aromatic rings. The molecule has 7 nitrogen and oxygen atoms in total. The number of hydrogen-bond donors (Lipinski definition) is 3. The fraction of sp³-hybridized carbons (Fsp3) is 0.125. The highest BCUT2D eigenvalue weighted by Crippen LogP contribution is 2.29. The smallest absolute Gasteiger partial charge is 0.261 e. The zero-order chi connectivity index (χ0) is 18.3. The first-order valence-electron chi connectivity index (χ1n) is 7.12. The second-order valence-corrected chi connectivity index (χ2v) is 7.42. The second-order valence-electron chi connectivity index (χ2n) is 4.93. The highest BCUT2D eigenvalue weighted by Gasteiger charge is 2.05. The van der Waals surface area contributed by atoms with Crippen LogP contribution in [0, 0.1) is 0 Å². The summed E-state index contributed by atoms with van der Waals surface area (Å²) < 4.78 is 25.9. The van der Waals surface area contributed by atoms with Crippen molar-refractivity contribution in [2.75, 3.05) is 11.6 Å². The maximum atomic E-state index is 9.19. The second kappa shape index (κ2) is 8.67. The Morgan fingerprint density at radius 1 is 1.12 bits per heavy atom. The Balaban J connectivity index is 0.000000399. The lowest BCUT2D eigenvalue weighted by Gasteiger charge is -2.02. The summed E-state index contributed by atoms with van der Waals surface area (Å²) >= 11 is 1.57. The molecule has 0 bridgehead atoms. The summed E-state index contributed by atoms with van der Waals surface area (Å²) in [5.74, 6) is 0.686. The molecule has 3 rings (SSSR count). The van der Waals surface area contributed by atoms with Crippen molar-refractivity contribution < 1.29 is 18.1 Å². The largest absolute Gasteiger partial charge is 0.390 e. The van der Waals surface area contributed by atoms with E-state index in [2.05, 4.69) is 27.4 Å². The molecule has 0 aliphatic heterocycles. The van der Waals surface area contributed by atoms with Gasteiger partial charge in [-0.15, -0.1) is 0 Å². The minimum atomic E-state index is -3.67. The summed E-state index contributed by atoms with van der Waals surface area (Å²) in [6.07, 6.45) is 2.56. The van der Waals surface area contributed by atoms with E-state index in [0.717, 1.165) is 15.6 Å². The van der Waals surface area contributed by atoms with Gasteiger partial charge >= 0.3 is 0 Å². The molecule has 0 saturated carbocycles. The standard InChI is InChI=1S/C15H13N3OS.CH4O3S/c19-10-12-7-4-8-14(17-12)18-15-16-9-13(20-15)11-5-2-1-3-6-11;1-5(2,3)4/h1-9,19H,10H2,(H,16,17,18);1H3,(H,2,3,4). The summed E-state index contributed by atoms with van der Waals surface area (Å²) in [7, 11) is -3.67. The summed E-state index contributed by atoms with van der Waals surface area (Å²) in [4.78, 5) is 9.73. The quantitative estimate of drug-likeness (QED) is 0.597. The molecule has 0 amide bonds. The van der Waals surface area contributed by atoms with Crippen molar-refractivity contribution in [2.45, 2.75) is 6.61 Å². The van der Waals surface area contributed by atoms with E-state index in [9.17, 15) is 8.42 Å². The number of nitrogens with one attached hydrogen (secondary N) is 1. The first-order valence-corrected chi connectivity index (χ1v) is 9.79. The van der Waals surface area contributed by atoms with E-state index < -0.39 is 10.1 Å². The molecule has 0 saturated heterocycles. The van der Waals surface area contributed by atoms with Gasteiger partial charge in [-0.3, -0.25) is 4.55 Å². The number of rotatable bonds is 4. The van der Waals surface area contributed by atoms with Crippen molar-refractivity contribution in [3.8, 4) is 10.4 Å². The lowest BCUT2D eigenvalue weighted by Crippen LogP contribution is -1.95. The van der Waals surface area contributed by atoms with E-state index in [1.165, 1.54) is 0 Å². The van der Waals surface area contributed by atoms with Gasteiger partial charge in [0, 0.05) is 6.20 Å². The molecule has 0 aliphatic carbocycles. The van der Waals surface area contributed by atoms with E-state index in [1.807, 2.05) is 36.5 Å². The molecule has 0 atom stereocenters. The van der Waals surface area contributed by atoms with Crippen LogP contribution < -0.4 is 5.32 Å². The van der Waals surface area contributed by atoms with Gasteiger partial charge in [-0.25, -0.2) is 9.97 Å². The van der Waals surface area contributed by atoms with E-state index in [-0.39, 0.29) is 6.61 Å². The molecule has 132 valence electrons. The third kappa shape index (κ3) is 6.98. The highest BCUT2D eigenvalue weighted by molar-refractivity contribution is 7.85. The van der Waals surface area contributed by atoms with Crippen LogP contribution in [0.5, 0.6) is 0 Å². The minimum absolute atomic E-state index is 0.0668. The van der Waals surface area contributed by atoms with Crippen LogP contribution in [0.2, 0.25) is 0 Å². The van der Waals surface area contributed by atoms with Crippen molar-refractivity contribution in [3.05, 3.63) is 60.4 Å². The third-order valence-corrected chi connectivity index (χ3v) is 3.73. The van der Waals surface area contributed by atoms with Crippen LogP contribution in [-0.2, 0) is 16.7 Å². The fourth-order valence-corrected chi connectivity index (χ4v) is 2.64. The molecule has 25 heavy (non-hydrogen) atoms. The Kier molecular flexibility index (Phi) is 6.59. The number of aliphatic hydroxyl groups is 1. The topological polar surface area (TPSA) is 112 Å². The molecule has 2 heterocycles. The molecule has 0 fully saturated rings. The van der Waals surface area contributed by atoms with E-state index >= 15 is 0 Å². The monoisotopic (exact) mass is 379 g/mol. The molecule has 0 aliphatic rings. The SMILES string of the molecule is CS(=O)(=O)O.OCc1cccc(Nc2ncc(-c3ccccc3)s2)n1. The van der Waals surface area contributed by atoms with Gasteiger partial charge in [0.15, 0.2) is 5.13 Å². The Hall–Kier alpha value is -2.33. The van der Waals surface area contributed by atoms with Crippen LogP contribution in [0.1, 0.15) is 5.69 Å². The fourth-order valence-electron chi connectivity index (χ4n) is 1.81. The maximum absolute atomic E-state index is 9.19. The third-order valence-electron chi connectivity index (χ3n) is 2.77. The summed E-state index contributed by atoms with van der Waals surface area (Å²) in [5, 5.41) is 13.0. The number of pyridine rings is 1. The molecular formula is C16H17N3O4S2. The van der Waals surface area contributed by atoms with Gasteiger partial charge in [0.05, 0.1) is 23.4 Å². The average Bonchev–Trinajstić information content (AvgIpc) is 3.03. The van der Waals surface area contributed by atoms with Crippen molar-refractivity contribution in [1.82, 2.24) is 9.97 Å². The number of hydrogen-bond acceptors (Lipinski definition) is 7. The van der Waals surface area contributed by atoms with Crippen LogP contribution in [0.3, 0.4) is 0 Å². The van der Waals surface area contributed by atoms with Gasteiger partial charge in [0.1, 0.15) is 5.82 Å². The van der Waals surface area contributed by atoms with Gasteiger partial charge in [0.25, 0.3) is 10.1 Å². The van der Waals surface area contributed by atoms with Crippen LogP contribution in [-0.4, -0.2) is 34.3 Å². The number of anilines is 2. The minimum Gasteiger partial charge on any atom is -0.390 e. The van der Waals surface area contributed by atoms with Crippen molar-refractivity contribution in [2.24, 2.45) is 0 Å². The Morgan fingerprint density at radius 2 is 1.80 bits per heavy atom. The van der Waals surface area contributed by atoms with Crippen LogP contribution >= 0.6 is 11.3 Å². The first kappa shape index (κ1) is 19.0. The van der Waals surface area contributed by atoms with Gasteiger partial charge in [0.2, 0.25) is 0 Å². The van der Waals surface area contributed by atoms with Gasteiger partial charge < -0.3 is 10.4 Å². The number of aromatic nitrogens is 2. The molecule has 0 unspecified atom stereocenters. The highest BCUT2D eigenvalue weighted by atomic mass is 32.2. The number of aliphatic hydroxyl groups excluding tert-OH is 1. The zero-order valence-electron chi connectivity index (χ0n) is 13.3. The Bertz CT molecular complexity index is 904. The maximum Gasteiger partial charge on any atom is 0.261 e. The molecule has 1 aromatic carbocycles.